The molecule has 8 heteroatoms. The highest BCUT2D eigenvalue weighted by molar-refractivity contribution is 6.36. The van der Waals surface area contributed by atoms with E-state index in [0.29, 0.717) is 48.8 Å². The SMILES string of the molecule is CC(=O)Nc1ccc(NC2=C(c3ccc(C)c(C)c3)C(=O)N(CCN3CCOCC3)C2=O)cc1. The second kappa shape index (κ2) is 10.2. The van der Waals surface area contributed by atoms with E-state index in [4.69, 9.17) is 4.74 Å². The molecule has 2 heterocycles. The first-order valence-electron chi connectivity index (χ1n) is 11.5. The molecule has 0 atom stereocenters. The summed E-state index contributed by atoms with van der Waals surface area (Å²) in [5, 5.41) is 5.89. The third-order valence-corrected chi connectivity index (χ3v) is 6.18. The third-order valence-electron chi connectivity index (χ3n) is 6.18. The van der Waals surface area contributed by atoms with Gasteiger partial charge in [0.05, 0.1) is 18.8 Å². The number of nitrogens with one attached hydrogen (secondary N) is 2. The minimum Gasteiger partial charge on any atom is -0.379 e. The Morgan fingerprint density at radius 1 is 0.912 bits per heavy atom. The number of morpholine rings is 1. The van der Waals surface area contributed by atoms with Crippen molar-refractivity contribution in [3.8, 4) is 0 Å². The van der Waals surface area contributed by atoms with Gasteiger partial charge in [0.2, 0.25) is 5.91 Å². The summed E-state index contributed by atoms with van der Waals surface area (Å²) >= 11 is 0. The second-order valence-corrected chi connectivity index (χ2v) is 8.65. The van der Waals surface area contributed by atoms with E-state index in [1.807, 2.05) is 32.0 Å². The van der Waals surface area contributed by atoms with E-state index >= 15 is 0 Å². The number of carbonyl (C=O) groups is 3. The topological polar surface area (TPSA) is 91.0 Å². The Bertz CT molecular complexity index is 1130. The summed E-state index contributed by atoms with van der Waals surface area (Å²) in [7, 11) is 0. The van der Waals surface area contributed by atoms with Gasteiger partial charge in [-0.3, -0.25) is 24.2 Å². The number of nitrogens with zero attached hydrogens (tertiary/aromatic N) is 2. The van der Waals surface area contributed by atoms with Crippen molar-refractivity contribution >= 4 is 34.7 Å². The molecule has 2 N–H and O–H groups in total. The standard InChI is InChI=1S/C26H30N4O4/c1-17-4-5-20(16-18(17)2)23-24(28-22-8-6-21(7-9-22)27-19(3)31)26(33)30(25(23)32)11-10-29-12-14-34-15-13-29/h4-9,16,28H,10-15H2,1-3H3,(H,27,31). The molecule has 0 saturated carbocycles. The zero-order valence-corrected chi connectivity index (χ0v) is 19.8. The van der Waals surface area contributed by atoms with Crippen LogP contribution < -0.4 is 10.6 Å². The first-order valence-corrected chi connectivity index (χ1v) is 11.5. The molecule has 0 bridgehead atoms. The molecule has 1 fully saturated rings. The van der Waals surface area contributed by atoms with Gasteiger partial charge in [0.25, 0.3) is 11.8 Å². The number of aryl methyl sites for hydroxylation is 2. The number of carbonyl (C=O) groups excluding carboxylic acids is 3. The van der Waals surface area contributed by atoms with Crippen LogP contribution in [-0.2, 0) is 19.1 Å². The summed E-state index contributed by atoms with van der Waals surface area (Å²) in [4.78, 5) is 41.7. The summed E-state index contributed by atoms with van der Waals surface area (Å²) < 4.78 is 5.39. The van der Waals surface area contributed by atoms with Crippen LogP contribution in [0.1, 0.15) is 23.6 Å². The van der Waals surface area contributed by atoms with Crippen molar-refractivity contribution in [2.24, 2.45) is 0 Å². The summed E-state index contributed by atoms with van der Waals surface area (Å²) in [6.07, 6.45) is 0. The average Bonchev–Trinajstić information content (AvgIpc) is 3.05. The number of benzene rings is 2. The third kappa shape index (κ3) is 5.18. The molecule has 0 unspecified atom stereocenters. The average molecular weight is 463 g/mol. The molecule has 0 spiro atoms. The molecule has 4 rings (SSSR count). The van der Waals surface area contributed by atoms with Crippen LogP contribution in [0.5, 0.6) is 0 Å². The predicted octanol–water partition coefficient (Wildman–Crippen LogP) is 2.79. The first-order chi connectivity index (χ1) is 16.3. The molecular formula is C26H30N4O4. The molecular weight excluding hydrogens is 432 g/mol. The molecule has 2 aromatic carbocycles. The first kappa shape index (κ1) is 23.7. The summed E-state index contributed by atoms with van der Waals surface area (Å²) in [6, 6.07) is 12.8. The molecule has 2 aliphatic rings. The molecule has 0 aromatic heterocycles. The highest BCUT2D eigenvalue weighted by atomic mass is 16.5. The van der Waals surface area contributed by atoms with E-state index < -0.39 is 0 Å². The fourth-order valence-electron chi connectivity index (χ4n) is 4.11. The number of ether oxygens (including phenoxy) is 1. The van der Waals surface area contributed by atoms with Crippen molar-refractivity contribution in [2.75, 3.05) is 50.0 Å². The van der Waals surface area contributed by atoms with E-state index in [9.17, 15) is 14.4 Å². The molecule has 0 aliphatic carbocycles. The number of hydrogen-bond donors (Lipinski definition) is 2. The van der Waals surface area contributed by atoms with Gasteiger partial charge in [-0.05, 0) is 54.8 Å². The minimum atomic E-state index is -0.336. The lowest BCUT2D eigenvalue weighted by molar-refractivity contribution is -0.137. The van der Waals surface area contributed by atoms with Crippen LogP contribution in [0.15, 0.2) is 48.2 Å². The van der Waals surface area contributed by atoms with Crippen LogP contribution in [-0.4, -0.2) is 66.9 Å². The Hall–Kier alpha value is -3.49. The highest BCUT2D eigenvalue weighted by Crippen LogP contribution is 2.31. The lowest BCUT2D eigenvalue weighted by atomic mass is 9.99. The predicted molar refractivity (Wildman–Crippen MR) is 131 cm³/mol. The van der Waals surface area contributed by atoms with Crippen LogP contribution in [0.4, 0.5) is 11.4 Å². The summed E-state index contributed by atoms with van der Waals surface area (Å²) in [5.41, 5.74) is 4.84. The zero-order chi connectivity index (χ0) is 24.2. The maximum atomic E-state index is 13.5. The van der Waals surface area contributed by atoms with Gasteiger partial charge in [-0.15, -0.1) is 0 Å². The quantitative estimate of drug-likeness (QED) is 0.615. The van der Waals surface area contributed by atoms with Gasteiger partial charge in [0.15, 0.2) is 0 Å². The maximum Gasteiger partial charge on any atom is 0.278 e. The number of anilines is 2. The van der Waals surface area contributed by atoms with Crippen molar-refractivity contribution in [2.45, 2.75) is 20.8 Å². The molecule has 1 saturated heterocycles. The number of hydrogen-bond acceptors (Lipinski definition) is 6. The van der Waals surface area contributed by atoms with Crippen molar-refractivity contribution in [3.05, 3.63) is 64.9 Å². The minimum absolute atomic E-state index is 0.159. The van der Waals surface area contributed by atoms with Gasteiger partial charge in [0, 0.05) is 44.5 Å². The largest absolute Gasteiger partial charge is 0.379 e. The van der Waals surface area contributed by atoms with Gasteiger partial charge in [-0.1, -0.05) is 18.2 Å². The van der Waals surface area contributed by atoms with Crippen molar-refractivity contribution < 1.29 is 19.1 Å². The Morgan fingerprint density at radius 2 is 1.59 bits per heavy atom. The van der Waals surface area contributed by atoms with Crippen LogP contribution in [0.3, 0.4) is 0 Å². The Balaban J connectivity index is 1.62. The van der Waals surface area contributed by atoms with Gasteiger partial charge in [-0.2, -0.15) is 0 Å². The van der Waals surface area contributed by atoms with E-state index in [0.717, 1.165) is 24.2 Å². The lowest BCUT2D eigenvalue weighted by Crippen LogP contribution is -2.43. The summed E-state index contributed by atoms with van der Waals surface area (Å²) in [5.74, 6) is -0.788. The number of rotatable bonds is 7. The smallest absolute Gasteiger partial charge is 0.278 e. The number of amides is 3. The zero-order valence-electron chi connectivity index (χ0n) is 19.8. The van der Waals surface area contributed by atoms with Crippen molar-refractivity contribution in [1.29, 1.82) is 0 Å². The Morgan fingerprint density at radius 3 is 2.24 bits per heavy atom. The second-order valence-electron chi connectivity index (χ2n) is 8.65. The summed E-state index contributed by atoms with van der Waals surface area (Å²) in [6.45, 7) is 9.28. The monoisotopic (exact) mass is 462 g/mol. The fourth-order valence-corrected chi connectivity index (χ4v) is 4.11. The van der Waals surface area contributed by atoms with Crippen LogP contribution in [0.25, 0.3) is 5.57 Å². The van der Waals surface area contributed by atoms with Gasteiger partial charge < -0.3 is 15.4 Å². The van der Waals surface area contributed by atoms with Gasteiger partial charge >= 0.3 is 0 Å². The van der Waals surface area contributed by atoms with Gasteiger partial charge in [0.1, 0.15) is 5.70 Å². The van der Waals surface area contributed by atoms with E-state index in [1.165, 1.54) is 11.8 Å². The Kier molecular flexibility index (Phi) is 7.09. The molecule has 3 amide bonds. The fraction of sp³-hybridized carbons (Fsp3) is 0.346. The maximum absolute atomic E-state index is 13.5. The van der Waals surface area contributed by atoms with Crippen LogP contribution in [0, 0.1) is 13.8 Å². The van der Waals surface area contributed by atoms with E-state index in [2.05, 4.69) is 15.5 Å². The molecule has 8 nitrogen and oxygen atoms in total. The number of imide groups is 1. The van der Waals surface area contributed by atoms with Crippen molar-refractivity contribution in [3.63, 3.8) is 0 Å². The highest BCUT2D eigenvalue weighted by Gasteiger charge is 2.39. The van der Waals surface area contributed by atoms with Gasteiger partial charge in [-0.25, -0.2) is 0 Å². The van der Waals surface area contributed by atoms with E-state index in [1.54, 1.807) is 24.3 Å². The van der Waals surface area contributed by atoms with Crippen molar-refractivity contribution in [1.82, 2.24) is 9.80 Å². The van der Waals surface area contributed by atoms with E-state index in [-0.39, 0.29) is 23.4 Å². The molecule has 34 heavy (non-hydrogen) atoms. The molecule has 0 radical (unpaired) electrons. The molecule has 178 valence electrons. The Labute approximate surface area is 199 Å². The molecule has 2 aliphatic heterocycles. The lowest BCUT2D eigenvalue weighted by Gasteiger charge is -2.28. The normalized spacial score (nSPS) is 16.9. The van der Waals surface area contributed by atoms with Crippen LogP contribution >= 0.6 is 0 Å². The van der Waals surface area contributed by atoms with Crippen LogP contribution in [0.2, 0.25) is 0 Å². The molecule has 2 aromatic rings.